The van der Waals surface area contributed by atoms with E-state index in [9.17, 15) is 9.18 Å². The van der Waals surface area contributed by atoms with Crippen LogP contribution in [0.2, 0.25) is 0 Å². The molecule has 4 nitrogen and oxygen atoms in total. The molecule has 0 atom stereocenters. The number of nitrogens with zero attached hydrogens (tertiary/aromatic N) is 3. The third kappa shape index (κ3) is 1.72. The fraction of sp³-hybridized carbons (Fsp3) is 0.111. The SMILES string of the molecule is Cn1ncn(-c2ccc(Br)c(F)c2)c1=O. The summed E-state index contributed by atoms with van der Waals surface area (Å²) in [5.41, 5.74) is 0.144. The Kier molecular flexibility index (Phi) is 2.44. The largest absolute Gasteiger partial charge is 0.350 e. The highest BCUT2D eigenvalue weighted by Gasteiger charge is 2.06. The van der Waals surface area contributed by atoms with E-state index in [1.54, 1.807) is 12.1 Å². The molecule has 2 rings (SSSR count). The number of benzene rings is 1. The lowest BCUT2D eigenvalue weighted by Crippen LogP contribution is -2.21. The molecule has 0 bridgehead atoms. The van der Waals surface area contributed by atoms with Crippen molar-refractivity contribution >= 4 is 15.9 Å². The molecule has 2 aromatic rings. The molecular weight excluding hydrogens is 265 g/mol. The highest BCUT2D eigenvalue weighted by Crippen LogP contribution is 2.17. The quantitative estimate of drug-likeness (QED) is 0.788. The fourth-order valence-corrected chi connectivity index (χ4v) is 1.44. The zero-order valence-corrected chi connectivity index (χ0v) is 9.40. The Bertz CT molecular complexity index is 561. The van der Waals surface area contributed by atoms with E-state index in [1.165, 1.54) is 28.7 Å². The number of aryl methyl sites for hydroxylation is 1. The number of halogens is 2. The lowest BCUT2D eigenvalue weighted by atomic mass is 10.3. The van der Waals surface area contributed by atoms with Crippen LogP contribution >= 0.6 is 15.9 Å². The summed E-state index contributed by atoms with van der Waals surface area (Å²) in [4.78, 5) is 11.5. The van der Waals surface area contributed by atoms with Gasteiger partial charge in [-0.3, -0.25) is 0 Å². The molecule has 0 amide bonds. The maximum atomic E-state index is 13.2. The van der Waals surface area contributed by atoms with Gasteiger partial charge in [0, 0.05) is 7.05 Å². The van der Waals surface area contributed by atoms with Gasteiger partial charge in [-0.15, -0.1) is 0 Å². The van der Waals surface area contributed by atoms with E-state index >= 15 is 0 Å². The molecule has 0 fully saturated rings. The van der Waals surface area contributed by atoms with Crippen molar-refractivity contribution in [2.45, 2.75) is 0 Å². The van der Waals surface area contributed by atoms with Gasteiger partial charge in [-0.25, -0.2) is 18.4 Å². The van der Waals surface area contributed by atoms with Gasteiger partial charge in [0.1, 0.15) is 12.1 Å². The number of aromatic nitrogens is 3. The molecule has 0 saturated heterocycles. The normalized spacial score (nSPS) is 10.6. The molecule has 0 aliphatic rings. The average molecular weight is 272 g/mol. The van der Waals surface area contributed by atoms with Gasteiger partial charge < -0.3 is 0 Å². The molecule has 0 saturated carbocycles. The van der Waals surface area contributed by atoms with Gasteiger partial charge in [0.2, 0.25) is 0 Å². The predicted molar refractivity (Wildman–Crippen MR) is 56.5 cm³/mol. The lowest BCUT2D eigenvalue weighted by molar-refractivity contribution is 0.619. The lowest BCUT2D eigenvalue weighted by Gasteiger charge is -2.00. The number of hydrogen-bond acceptors (Lipinski definition) is 2. The Morgan fingerprint density at radius 3 is 2.73 bits per heavy atom. The van der Waals surface area contributed by atoms with E-state index in [-0.39, 0.29) is 5.69 Å². The van der Waals surface area contributed by atoms with Crippen LogP contribution in [0.1, 0.15) is 0 Å². The van der Waals surface area contributed by atoms with Crippen molar-refractivity contribution in [3.8, 4) is 5.69 Å². The molecule has 0 N–H and O–H groups in total. The first-order chi connectivity index (χ1) is 7.09. The van der Waals surface area contributed by atoms with Crippen LogP contribution in [0, 0.1) is 5.82 Å². The number of rotatable bonds is 1. The molecular formula is C9H7BrFN3O. The summed E-state index contributed by atoms with van der Waals surface area (Å²) in [7, 11) is 1.54. The monoisotopic (exact) mass is 271 g/mol. The van der Waals surface area contributed by atoms with E-state index < -0.39 is 5.82 Å². The molecule has 1 aromatic heterocycles. The first-order valence-corrected chi connectivity index (χ1v) is 4.95. The van der Waals surface area contributed by atoms with Gasteiger partial charge >= 0.3 is 5.69 Å². The van der Waals surface area contributed by atoms with Crippen molar-refractivity contribution in [2.24, 2.45) is 7.05 Å². The molecule has 1 aromatic carbocycles. The van der Waals surface area contributed by atoms with Crippen LogP contribution in [0.4, 0.5) is 4.39 Å². The summed E-state index contributed by atoms with van der Waals surface area (Å²) in [6, 6.07) is 4.45. The molecule has 0 aliphatic heterocycles. The topological polar surface area (TPSA) is 39.8 Å². The van der Waals surface area contributed by atoms with Gasteiger partial charge in [0.25, 0.3) is 0 Å². The molecule has 1 heterocycles. The van der Waals surface area contributed by atoms with Crippen molar-refractivity contribution in [1.82, 2.24) is 14.3 Å². The maximum Gasteiger partial charge on any atom is 0.350 e. The van der Waals surface area contributed by atoms with Crippen LogP contribution in [0.25, 0.3) is 5.69 Å². The maximum absolute atomic E-state index is 13.2. The van der Waals surface area contributed by atoms with Crippen molar-refractivity contribution in [2.75, 3.05) is 0 Å². The van der Waals surface area contributed by atoms with E-state index in [0.29, 0.717) is 10.2 Å². The van der Waals surface area contributed by atoms with E-state index in [1.807, 2.05) is 0 Å². The molecule has 15 heavy (non-hydrogen) atoms. The molecule has 0 aliphatic carbocycles. The zero-order chi connectivity index (χ0) is 11.0. The summed E-state index contributed by atoms with van der Waals surface area (Å²) < 4.78 is 16.0. The van der Waals surface area contributed by atoms with Gasteiger partial charge in [0.05, 0.1) is 10.2 Å². The minimum Gasteiger partial charge on any atom is -0.249 e. The summed E-state index contributed by atoms with van der Waals surface area (Å²) >= 11 is 3.04. The first-order valence-electron chi connectivity index (χ1n) is 4.15. The standard InChI is InChI=1S/C9H7BrFN3O/c1-13-9(15)14(5-12-13)6-2-3-7(10)8(11)4-6/h2-5H,1H3. The van der Waals surface area contributed by atoms with Crippen LogP contribution in [0.15, 0.2) is 33.8 Å². The van der Waals surface area contributed by atoms with Crippen molar-refractivity contribution in [3.63, 3.8) is 0 Å². The smallest absolute Gasteiger partial charge is 0.249 e. The van der Waals surface area contributed by atoms with Crippen molar-refractivity contribution < 1.29 is 4.39 Å². The second-order valence-electron chi connectivity index (χ2n) is 3.01. The minimum atomic E-state index is -0.414. The van der Waals surface area contributed by atoms with Gasteiger partial charge in [0.15, 0.2) is 0 Å². The van der Waals surface area contributed by atoms with Gasteiger partial charge in [-0.2, -0.15) is 5.10 Å². The Labute approximate surface area is 93.1 Å². The van der Waals surface area contributed by atoms with Crippen LogP contribution in [-0.2, 0) is 7.05 Å². The highest BCUT2D eigenvalue weighted by molar-refractivity contribution is 9.10. The van der Waals surface area contributed by atoms with E-state index in [2.05, 4.69) is 21.0 Å². The molecule has 0 radical (unpaired) electrons. The zero-order valence-electron chi connectivity index (χ0n) is 7.82. The fourth-order valence-electron chi connectivity index (χ4n) is 1.20. The third-order valence-corrected chi connectivity index (χ3v) is 2.65. The molecule has 78 valence electrons. The van der Waals surface area contributed by atoms with E-state index in [0.717, 1.165) is 0 Å². The van der Waals surface area contributed by atoms with Crippen LogP contribution in [-0.4, -0.2) is 14.3 Å². The second-order valence-corrected chi connectivity index (χ2v) is 3.86. The Balaban J connectivity index is 2.60. The Hall–Kier alpha value is -1.43. The second kappa shape index (κ2) is 3.62. The summed E-state index contributed by atoms with van der Waals surface area (Å²) in [6.07, 6.45) is 1.35. The highest BCUT2D eigenvalue weighted by atomic mass is 79.9. The molecule has 0 unspecified atom stereocenters. The van der Waals surface area contributed by atoms with E-state index in [4.69, 9.17) is 0 Å². The third-order valence-electron chi connectivity index (χ3n) is 2.00. The van der Waals surface area contributed by atoms with Crippen molar-refractivity contribution in [3.05, 3.63) is 45.3 Å². The van der Waals surface area contributed by atoms with Crippen molar-refractivity contribution in [1.29, 1.82) is 0 Å². The Morgan fingerprint density at radius 1 is 1.47 bits per heavy atom. The number of hydrogen-bond donors (Lipinski definition) is 0. The van der Waals surface area contributed by atoms with Gasteiger partial charge in [-0.1, -0.05) is 0 Å². The van der Waals surface area contributed by atoms with Crippen LogP contribution in [0.5, 0.6) is 0 Å². The summed E-state index contributed by atoms with van der Waals surface area (Å²) in [5, 5.41) is 3.78. The van der Waals surface area contributed by atoms with Gasteiger partial charge in [-0.05, 0) is 34.1 Å². The average Bonchev–Trinajstić information content (AvgIpc) is 2.53. The van der Waals surface area contributed by atoms with Crippen LogP contribution < -0.4 is 5.69 Å². The predicted octanol–water partition coefficient (Wildman–Crippen LogP) is 1.47. The summed E-state index contributed by atoms with van der Waals surface area (Å²) in [5.74, 6) is -0.414. The first kappa shape index (κ1) is 10.1. The molecule has 6 heteroatoms. The van der Waals surface area contributed by atoms with Crippen LogP contribution in [0.3, 0.4) is 0 Å². The molecule has 0 spiro atoms. The Morgan fingerprint density at radius 2 is 2.20 bits per heavy atom. The minimum absolute atomic E-state index is 0.309. The summed E-state index contributed by atoms with van der Waals surface area (Å²) in [6.45, 7) is 0.